The molecule has 1 N–H and O–H groups in total. The van der Waals surface area contributed by atoms with Gasteiger partial charge in [-0.1, -0.05) is 30.3 Å². The monoisotopic (exact) mass is 408 g/mol. The molecule has 1 fully saturated rings. The Morgan fingerprint density at radius 2 is 1.90 bits per heavy atom. The van der Waals surface area contributed by atoms with Crippen LogP contribution >= 0.6 is 11.3 Å². The van der Waals surface area contributed by atoms with Crippen LogP contribution in [0, 0.1) is 12.8 Å². The van der Waals surface area contributed by atoms with E-state index in [-0.39, 0.29) is 18.6 Å². The van der Waals surface area contributed by atoms with Crippen LogP contribution < -0.4 is 5.32 Å². The molecule has 0 aliphatic heterocycles. The predicted octanol–water partition coefficient (Wildman–Crippen LogP) is 3.33. The average molecular weight is 408 g/mol. The van der Waals surface area contributed by atoms with E-state index in [1.54, 1.807) is 25.4 Å². The van der Waals surface area contributed by atoms with Gasteiger partial charge in [0.1, 0.15) is 4.88 Å². The topological polar surface area (TPSA) is 94.1 Å². The van der Waals surface area contributed by atoms with Gasteiger partial charge in [0.15, 0.2) is 17.4 Å². The summed E-state index contributed by atoms with van der Waals surface area (Å²) in [6.45, 7) is 1.39. The number of hydrogen-bond acceptors (Lipinski definition) is 7. The summed E-state index contributed by atoms with van der Waals surface area (Å²) in [5.41, 5.74) is 1.60. The van der Waals surface area contributed by atoms with Crippen molar-refractivity contribution in [2.45, 2.75) is 25.8 Å². The zero-order valence-corrected chi connectivity index (χ0v) is 16.7. The lowest BCUT2D eigenvalue weighted by molar-refractivity contribution is -0.125. The second kappa shape index (κ2) is 8.48. The molecule has 1 amide bonds. The molecular weight excluding hydrogens is 388 g/mol. The maximum Gasteiger partial charge on any atom is 0.350 e. The quantitative estimate of drug-likeness (QED) is 0.603. The van der Waals surface area contributed by atoms with Crippen molar-refractivity contribution in [1.82, 2.24) is 20.3 Å². The third-order valence-corrected chi connectivity index (χ3v) is 5.78. The van der Waals surface area contributed by atoms with Crippen molar-refractivity contribution in [2.24, 2.45) is 5.92 Å². The molecule has 1 aromatic carbocycles. The summed E-state index contributed by atoms with van der Waals surface area (Å²) in [7, 11) is 0. The predicted molar refractivity (Wildman–Crippen MR) is 108 cm³/mol. The molecule has 1 aliphatic carbocycles. The van der Waals surface area contributed by atoms with Crippen LogP contribution in [0.4, 0.5) is 0 Å². The molecule has 0 radical (unpaired) electrons. The fraction of sp³-hybridized carbons (Fsp3) is 0.286. The van der Waals surface area contributed by atoms with Crippen LogP contribution in [0.3, 0.4) is 0 Å². The van der Waals surface area contributed by atoms with E-state index in [0.717, 1.165) is 29.7 Å². The van der Waals surface area contributed by atoms with Crippen molar-refractivity contribution in [3.05, 3.63) is 64.9 Å². The van der Waals surface area contributed by atoms with Crippen LogP contribution in [0.5, 0.6) is 0 Å². The molecule has 1 aliphatic rings. The van der Waals surface area contributed by atoms with Crippen LogP contribution in [-0.4, -0.2) is 33.4 Å². The first-order valence-electron chi connectivity index (χ1n) is 9.38. The van der Waals surface area contributed by atoms with Crippen molar-refractivity contribution < 1.29 is 14.3 Å². The number of aromatic nitrogens is 3. The maximum absolute atomic E-state index is 12.4. The van der Waals surface area contributed by atoms with Gasteiger partial charge in [-0.15, -0.1) is 11.3 Å². The van der Waals surface area contributed by atoms with Crippen LogP contribution in [-0.2, 0) is 9.53 Å². The second-order valence-corrected chi connectivity index (χ2v) is 7.87. The maximum atomic E-state index is 12.4. The van der Waals surface area contributed by atoms with E-state index in [4.69, 9.17) is 4.74 Å². The van der Waals surface area contributed by atoms with Gasteiger partial charge >= 0.3 is 5.97 Å². The van der Waals surface area contributed by atoms with Crippen LogP contribution in [0.15, 0.2) is 48.8 Å². The summed E-state index contributed by atoms with van der Waals surface area (Å²) < 4.78 is 5.24. The van der Waals surface area contributed by atoms with E-state index < -0.39 is 5.97 Å². The molecule has 7 nitrogen and oxygen atoms in total. The summed E-state index contributed by atoms with van der Waals surface area (Å²) in [4.78, 5) is 37.8. The summed E-state index contributed by atoms with van der Waals surface area (Å²) in [5, 5.41) is 3.54. The summed E-state index contributed by atoms with van der Waals surface area (Å²) in [6.07, 6.45) is 5.41. The number of benzene rings is 1. The summed E-state index contributed by atoms with van der Waals surface area (Å²) in [5.74, 6) is 0.00894. The largest absolute Gasteiger partial charge is 0.451 e. The Hall–Kier alpha value is -3.13. The van der Waals surface area contributed by atoms with Crippen LogP contribution in [0.2, 0.25) is 0 Å². The van der Waals surface area contributed by atoms with E-state index in [1.165, 1.54) is 0 Å². The lowest BCUT2D eigenvalue weighted by atomic mass is 10.0. The van der Waals surface area contributed by atoms with Gasteiger partial charge in [-0.05, 0) is 37.3 Å². The Kier molecular flexibility index (Phi) is 5.62. The van der Waals surface area contributed by atoms with Gasteiger partial charge < -0.3 is 10.1 Å². The first-order chi connectivity index (χ1) is 14.1. The number of thiazole rings is 1. The fourth-order valence-corrected chi connectivity index (χ4v) is 3.97. The number of carbonyl (C=O) groups excluding carboxylic acids is 2. The molecule has 0 spiro atoms. The summed E-state index contributed by atoms with van der Waals surface area (Å²) >= 11 is 1.16. The number of nitrogens with zero attached hydrogens (tertiary/aromatic N) is 3. The van der Waals surface area contributed by atoms with Gasteiger partial charge in [0.2, 0.25) is 0 Å². The van der Waals surface area contributed by atoms with Crippen molar-refractivity contribution in [2.75, 3.05) is 6.61 Å². The fourth-order valence-electron chi connectivity index (χ4n) is 3.07. The Balaban J connectivity index is 1.37. The van der Waals surface area contributed by atoms with Gasteiger partial charge in [0, 0.05) is 12.4 Å². The Morgan fingerprint density at radius 1 is 1.17 bits per heavy atom. The first kappa shape index (κ1) is 19.2. The van der Waals surface area contributed by atoms with E-state index in [9.17, 15) is 9.59 Å². The third kappa shape index (κ3) is 4.65. The van der Waals surface area contributed by atoms with E-state index in [1.807, 2.05) is 30.3 Å². The van der Waals surface area contributed by atoms with Crippen molar-refractivity contribution in [3.8, 4) is 10.8 Å². The number of ether oxygens (including phenoxy) is 1. The normalized spacial score (nSPS) is 14.2. The molecule has 2 heterocycles. The van der Waals surface area contributed by atoms with Crippen molar-refractivity contribution in [1.29, 1.82) is 0 Å². The van der Waals surface area contributed by atoms with Crippen LogP contribution in [0.1, 0.15) is 39.8 Å². The molecule has 148 valence electrons. The molecule has 3 aromatic rings. The van der Waals surface area contributed by atoms with Crippen molar-refractivity contribution in [3.63, 3.8) is 0 Å². The SMILES string of the molecule is Cc1nc(-c2ncccn2)sc1C(=O)OCC(=O)NC(c1ccccc1)C1CC1. The average Bonchev–Trinajstić information content (AvgIpc) is 3.52. The van der Waals surface area contributed by atoms with Crippen LogP contribution in [0.25, 0.3) is 10.8 Å². The highest BCUT2D eigenvalue weighted by atomic mass is 32.1. The Morgan fingerprint density at radius 3 is 2.59 bits per heavy atom. The Bertz CT molecular complexity index is 1000. The number of esters is 1. The Labute approximate surface area is 172 Å². The molecule has 29 heavy (non-hydrogen) atoms. The first-order valence-corrected chi connectivity index (χ1v) is 10.2. The van der Waals surface area contributed by atoms with E-state index >= 15 is 0 Å². The number of nitrogens with one attached hydrogen (secondary N) is 1. The highest BCUT2D eigenvalue weighted by molar-refractivity contribution is 7.16. The third-order valence-electron chi connectivity index (χ3n) is 4.64. The van der Waals surface area contributed by atoms with E-state index in [0.29, 0.717) is 27.3 Å². The zero-order valence-electron chi connectivity index (χ0n) is 15.9. The summed E-state index contributed by atoms with van der Waals surface area (Å²) in [6, 6.07) is 11.5. The van der Waals surface area contributed by atoms with Gasteiger partial charge in [-0.3, -0.25) is 4.79 Å². The smallest absolute Gasteiger partial charge is 0.350 e. The molecule has 0 bridgehead atoms. The second-order valence-electron chi connectivity index (χ2n) is 6.88. The van der Waals surface area contributed by atoms with Gasteiger partial charge in [0.05, 0.1) is 11.7 Å². The molecule has 0 saturated heterocycles. The minimum absolute atomic E-state index is 0.0469. The molecule has 1 saturated carbocycles. The van der Waals surface area contributed by atoms with Gasteiger partial charge in [-0.25, -0.2) is 19.7 Å². The molecule has 8 heteroatoms. The lowest BCUT2D eigenvalue weighted by Gasteiger charge is -2.18. The molecular formula is C21H20N4O3S. The number of carbonyl (C=O) groups is 2. The standard InChI is InChI=1S/C21H20N4O3S/c1-13-18(29-20(24-13)19-22-10-5-11-23-19)21(27)28-12-16(26)25-17(15-8-9-15)14-6-3-2-4-7-14/h2-7,10-11,15,17H,8-9,12H2,1H3,(H,25,26). The van der Waals surface area contributed by atoms with E-state index in [2.05, 4.69) is 20.3 Å². The molecule has 1 atom stereocenters. The number of aryl methyl sites for hydroxylation is 1. The molecule has 2 aromatic heterocycles. The van der Waals surface area contributed by atoms with Crippen molar-refractivity contribution >= 4 is 23.2 Å². The minimum Gasteiger partial charge on any atom is -0.451 e. The number of amides is 1. The molecule has 1 unspecified atom stereocenters. The zero-order chi connectivity index (χ0) is 20.2. The number of hydrogen-bond donors (Lipinski definition) is 1. The minimum atomic E-state index is -0.569. The molecule has 4 rings (SSSR count). The highest BCUT2D eigenvalue weighted by Crippen LogP contribution is 2.40. The van der Waals surface area contributed by atoms with Gasteiger partial charge in [-0.2, -0.15) is 0 Å². The lowest BCUT2D eigenvalue weighted by Crippen LogP contribution is -2.33. The highest BCUT2D eigenvalue weighted by Gasteiger charge is 2.33. The number of rotatable bonds is 7. The van der Waals surface area contributed by atoms with Gasteiger partial charge in [0.25, 0.3) is 5.91 Å².